The van der Waals surface area contributed by atoms with Crippen molar-refractivity contribution in [3.8, 4) is 11.3 Å². The highest BCUT2D eigenvalue weighted by atomic mass is 16.1. The SMILES string of the molecule is Cc1c(NC(=O)c2ccc(C(C)(C)C)cc2)cccc1-c1cn(C)c(=O)c(Nc2cccc(CN(C)C)c2)n1. The first kappa shape index (κ1) is 27.8. The number of carbonyl (C=O) groups excluding carboxylic acids is 1. The molecule has 39 heavy (non-hydrogen) atoms. The van der Waals surface area contributed by atoms with Crippen molar-refractivity contribution < 1.29 is 4.79 Å². The first-order chi connectivity index (χ1) is 18.4. The molecule has 2 N–H and O–H groups in total. The summed E-state index contributed by atoms with van der Waals surface area (Å²) in [5.41, 5.74) is 6.51. The Labute approximate surface area is 230 Å². The number of rotatable bonds is 7. The summed E-state index contributed by atoms with van der Waals surface area (Å²) in [6.07, 6.45) is 1.72. The quantitative estimate of drug-likeness (QED) is 0.306. The molecule has 0 aliphatic carbocycles. The maximum absolute atomic E-state index is 13.0. The molecule has 0 unspecified atom stereocenters. The van der Waals surface area contributed by atoms with Crippen molar-refractivity contribution in [1.29, 1.82) is 0 Å². The van der Waals surface area contributed by atoms with Crippen LogP contribution in [-0.4, -0.2) is 34.5 Å². The molecule has 0 radical (unpaired) electrons. The number of benzene rings is 3. The summed E-state index contributed by atoms with van der Waals surface area (Å²) in [6.45, 7) is 9.17. The third-order valence-corrected chi connectivity index (χ3v) is 6.63. The lowest BCUT2D eigenvalue weighted by atomic mass is 9.86. The molecule has 0 atom stereocenters. The van der Waals surface area contributed by atoms with E-state index < -0.39 is 0 Å². The van der Waals surface area contributed by atoms with Crippen LogP contribution in [0.4, 0.5) is 17.2 Å². The summed E-state index contributed by atoms with van der Waals surface area (Å²) >= 11 is 0. The summed E-state index contributed by atoms with van der Waals surface area (Å²) in [5.74, 6) is 0.0638. The second kappa shape index (κ2) is 11.3. The Morgan fingerprint density at radius 1 is 1.00 bits per heavy atom. The first-order valence-electron chi connectivity index (χ1n) is 13.0. The normalized spacial score (nSPS) is 11.5. The molecule has 1 amide bonds. The Morgan fingerprint density at radius 3 is 2.36 bits per heavy atom. The molecule has 0 aliphatic rings. The molecule has 7 nitrogen and oxygen atoms in total. The lowest BCUT2D eigenvalue weighted by Crippen LogP contribution is -2.21. The van der Waals surface area contributed by atoms with Crippen LogP contribution in [0.2, 0.25) is 0 Å². The third-order valence-electron chi connectivity index (χ3n) is 6.63. The van der Waals surface area contributed by atoms with E-state index in [0.29, 0.717) is 16.9 Å². The summed E-state index contributed by atoms with van der Waals surface area (Å²) in [7, 11) is 5.74. The van der Waals surface area contributed by atoms with Gasteiger partial charge >= 0.3 is 0 Å². The standard InChI is InChI=1S/C32H37N5O2/c1-21-26(12-9-13-27(21)35-30(38)23-14-16-24(17-15-23)32(2,3)4)28-20-37(7)31(39)29(34-28)33-25-11-8-10-22(18-25)19-36(5)6/h8-18,20H,19H2,1-7H3,(H,33,34)(H,35,38). The van der Waals surface area contributed by atoms with E-state index >= 15 is 0 Å². The van der Waals surface area contributed by atoms with Crippen LogP contribution in [0.3, 0.4) is 0 Å². The molecule has 0 fully saturated rings. The largest absolute Gasteiger partial charge is 0.336 e. The average Bonchev–Trinajstić information content (AvgIpc) is 2.87. The number of hydrogen-bond acceptors (Lipinski definition) is 5. The minimum Gasteiger partial charge on any atom is -0.336 e. The molecular weight excluding hydrogens is 486 g/mol. The highest BCUT2D eigenvalue weighted by Gasteiger charge is 2.16. The van der Waals surface area contributed by atoms with E-state index in [1.165, 1.54) is 10.1 Å². The molecule has 4 aromatic rings. The minimum atomic E-state index is -0.224. The number of carbonyl (C=O) groups is 1. The second-order valence-corrected chi connectivity index (χ2v) is 11.2. The zero-order chi connectivity index (χ0) is 28.3. The van der Waals surface area contributed by atoms with Crippen LogP contribution in [0.1, 0.15) is 47.8 Å². The minimum absolute atomic E-state index is 0.0193. The van der Waals surface area contributed by atoms with Gasteiger partial charge in [0, 0.05) is 42.3 Å². The fourth-order valence-electron chi connectivity index (χ4n) is 4.43. The maximum Gasteiger partial charge on any atom is 0.293 e. The van der Waals surface area contributed by atoms with Crippen LogP contribution in [-0.2, 0) is 19.0 Å². The zero-order valence-corrected chi connectivity index (χ0v) is 23.8. The second-order valence-electron chi connectivity index (χ2n) is 11.2. The van der Waals surface area contributed by atoms with Crippen molar-refractivity contribution >= 4 is 23.1 Å². The van der Waals surface area contributed by atoms with E-state index in [4.69, 9.17) is 4.98 Å². The first-order valence-corrected chi connectivity index (χ1v) is 13.0. The van der Waals surface area contributed by atoms with Crippen LogP contribution < -0.4 is 16.2 Å². The molecule has 0 saturated carbocycles. The van der Waals surface area contributed by atoms with Crippen molar-refractivity contribution in [3.63, 3.8) is 0 Å². The lowest BCUT2D eigenvalue weighted by molar-refractivity contribution is 0.102. The fourth-order valence-corrected chi connectivity index (χ4v) is 4.43. The molecule has 7 heteroatoms. The van der Waals surface area contributed by atoms with Gasteiger partial charge in [-0.05, 0) is 73.5 Å². The van der Waals surface area contributed by atoms with Crippen LogP contribution in [0, 0.1) is 6.92 Å². The number of anilines is 3. The van der Waals surface area contributed by atoms with Gasteiger partial charge < -0.3 is 20.1 Å². The Kier molecular flexibility index (Phi) is 8.02. The van der Waals surface area contributed by atoms with Crippen molar-refractivity contribution in [3.05, 3.63) is 106 Å². The van der Waals surface area contributed by atoms with Gasteiger partial charge in [-0.15, -0.1) is 0 Å². The molecule has 0 bridgehead atoms. The van der Waals surface area contributed by atoms with Crippen LogP contribution in [0.15, 0.2) is 77.7 Å². The van der Waals surface area contributed by atoms with Crippen LogP contribution >= 0.6 is 0 Å². The zero-order valence-electron chi connectivity index (χ0n) is 23.8. The van der Waals surface area contributed by atoms with E-state index in [-0.39, 0.29) is 22.7 Å². The third kappa shape index (κ3) is 6.62. The van der Waals surface area contributed by atoms with Crippen molar-refractivity contribution in [2.75, 3.05) is 24.7 Å². The monoisotopic (exact) mass is 523 g/mol. The van der Waals surface area contributed by atoms with Crippen LogP contribution in [0.25, 0.3) is 11.3 Å². The summed E-state index contributed by atoms with van der Waals surface area (Å²) in [6, 6.07) is 21.3. The molecule has 0 spiro atoms. The Bertz CT molecular complexity index is 1550. The molecule has 3 aromatic carbocycles. The molecule has 0 saturated heterocycles. The van der Waals surface area contributed by atoms with Gasteiger partial charge in [-0.1, -0.05) is 57.2 Å². The molecule has 0 aliphatic heterocycles. The van der Waals surface area contributed by atoms with Crippen LogP contribution in [0.5, 0.6) is 0 Å². The van der Waals surface area contributed by atoms with E-state index in [1.54, 1.807) is 13.2 Å². The Balaban J connectivity index is 1.61. The number of aryl methyl sites for hydroxylation is 1. The molecular formula is C32H37N5O2. The summed E-state index contributed by atoms with van der Waals surface area (Å²) in [4.78, 5) is 32.8. The summed E-state index contributed by atoms with van der Waals surface area (Å²) < 4.78 is 1.52. The van der Waals surface area contributed by atoms with E-state index in [1.807, 2.05) is 81.7 Å². The number of nitrogens with one attached hydrogen (secondary N) is 2. The van der Waals surface area contributed by atoms with Crippen molar-refractivity contribution in [2.45, 2.75) is 39.7 Å². The van der Waals surface area contributed by atoms with Gasteiger partial charge in [0.1, 0.15) is 0 Å². The number of hydrogen-bond donors (Lipinski definition) is 2. The smallest absolute Gasteiger partial charge is 0.293 e. The fraction of sp³-hybridized carbons (Fsp3) is 0.281. The van der Waals surface area contributed by atoms with Gasteiger partial charge in [-0.25, -0.2) is 4.98 Å². The Hall–Kier alpha value is -4.23. The number of amides is 1. The molecule has 1 heterocycles. The average molecular weight is 524 g/mol. The van der Waals surface area contributed by atoms with Gasteiger partial charge in [0.05, 0.1) is 5.69 Å². The topological polar surface area (TPSA) is 79.3 Å². The molecule has 202 valence electrons. The Morgan fingerprint density at radius 2 is 1.69 bits per heavy atom. The van der Waals surface area contributed by atoms with Crippen molar-refractivity contribution in [1.82, 2.24) is 14.5 Å². The van der Waals surface area contributed by atoms with E-state index in [0.717, 1.165) is 28.9 Å². The number of aromatic nitrogens is 2. The lowest BCUT2D eigenvalue weighted by Gasteiger charge is -2.19. The number of nitrogens with zero attached hydrogens (tertiary/aromatic N) is 3. The highest BCUT2D eigenvalue weighted by Crippen LogP contribution is 2.29. The van der Waals surface area contributed by atoms with E-state index in [2.05, 4.69) is 42.4 Å². The van der Waals surface area contributed by atoms with Gasteiger partial charge in [0.25, 0.3) is 11.5 Å². The van der Waals surface area contributed by atoms with Gasteiger partial charge in [0.15, 0.2) is 5.82 Å². The predicted molar refractivity (Wildman–Crippen MR) is 160 cm³/mol. The molecule has 1 aromatic heterocycles. The van der Waals surface area contributed by atoms with Gasteiger partial charge in [-0.2, -0.15) is 0 Å². The van der Waals surface area contributed by atoms with Crippen molar-refractivity contribution in [2.24, 2.45) is 7.05 Å². The van der Waals surface area contributed by atoms with E-state index in [9.17, 15) is 9.59 Å². The predicted octanol–water partition coefficient (Wildman–Crippen LogP) is 6.11. The summed E-state index contributed by atoms with van der Waals surface area (Å²) in [5, 5.41) is 6.25. The molecule has 4 rings (SSSR count). The maximum atomic E-state index is 13.0. The van der Waals surface area contributed by atoms with Gasteiger partial charge in [-0.3, -0.25) is 9.59 Å². The highest BCUT2D eigenvalue weighted by molar-refractivity contribution is 6.05. The van der Waals surface area contributed by atoms with Gasteiger partial charge in [0.2, 0.25) is 0 Å².